The molecule has 2 rings (SSSR count). The molecule has 0 N–H and O–H groups in total. The first-order valence-corrected chi connectivity index (χ1v) is 11.2. The minimum absolute atomic E-state index is 0.156. The van der Waals surface area contributed by atoms with Gasteiger partial charge in [0.05, 0.1) is 6.10 Å². The summed E-state index contributed by atoms with van der Waals surface area (Å²) < 4.78 is 24.3. The van der Waals surface area contributed by atoms with Crippen LogP contribution in [-0.4, -0.2) is 49.0 Å². The molecule has 0 radical (unpaired) electrons. The zero-order valence-corrected chi connectivity index (χ0v) is 18.3. The van der Waals surface area contributed by atoms with E-state index in [-0.39, 0.29) is 29.7 Å². The number of ether oxygens (including phenoxy) is 4. The van der Waals surface area contributed by atoms with Gasteiger partial charge in [-0.3, -0.25) is 4.79 Å². The molecule has 28 heavy (non-hydrogen) atoms. The van der Waals surface area contributed by atoms with E-state index in [1.165, 1.54) is 6.92 Å². The van der Waals surface area contributed by atoms with Gasteiger partial charge in [-0.1, -0.05) is 56.7 Å². The summed E-state index contributed by atoms with van der Waals surface area (Å²) in [5.74, 6) is -0.335. The molecule has 158 valence electrons. The Balaban J connectivity index is 2.21. The quantitative estimate of drug-likeness (QED) is 0.385. The molecule has 0 unspecified atom stereocenters. The summed E-state index contributed by atoms with van der Waals surface area (Å²) in [6, 6.07) is 10.0. The Morgan fingerprint density at radius 2 is 1.61 bits per heavy atom. The van der Waals surface area contributed by atoms with Gasteiger partial charge in [-0.15, -0.1) is 0 Å². The van der Waals surface area contributed by atoms with Crippen molar-refractivity contribution < 1.29 is 23.7 Å². The SMILES string of the molecule is CCCCO[C@@H]1[C@@H](OCCCC)[C@H](C)O[C@@H](Sc2ccccc2)[C@@H]1OC(C)=O. The summed E-state index contributed by atoms with van der Waals surface area (Å²) in [5.41, 5.74) is -0.348. The largest absolute Gasteiger partial charge is 0.456 e. The number of benzene rings is 1. The molecular weight excluding hydrogens is 376 g/mol. The van der Waals surface area contributed by atoms with Gasteiger partial charge in [0, 0.05) is 25.0 Å². The van der Waals surface area contributed by atoms with Gasteiger partial charge < -0.3 is 18.9 Å². The third kappa shape index (κ3) is 7.07. The van der Waals surface area contributed by atoms with Crippen molar-refractivity contribution in [3.63, 3.8) is 0 Å². The van der Waals surface area contributed by atoms with E-state index in [9.17, 15) is 4.79 Å². The van der Waals surface area contributed by atoms with Crippen LogP contribution in [-0.2, 0) is 23.7 Å². The monoisotopic (exact) mass is 410 g/mol. The maximum atomic E-state index is 11.9. The van der Waals surface area contributed by atoms with Crippen LogP contribution < -0.4 is 0 Å². The third-order valence-corrected chi connectivity index (χ3v) is 5.80. The van der Waals surface area contributed by atoms with Crippen molar-refractivity contribution in [2.24, 2.45) is 0 Å². The highest BCUT2D eigenvalue weighted by molar-refractivity contribution is 7.99. The fraction of sp³-hybridized carbons (Fsp3) is 0.682. The first-order chi connectivity index (χ1) is 13.6. The van der Waals surface area contributed by atoms with E-state index in [2.05, 4.69) is 13.8 Å². The molecule has 1 aliphatic heterocycles. The van der Waals surface area contributed by atoms with Gasteiger partial charge in [-0.25, -0.2) is 0 Å². The molecule has 1 aliphatic rings. The summed E-state index contributed by atoms with van der Waals surface area (Å²) in [4.78, 5) is 12.9. The summed E-state index contributed by atoms with van der Waals surface area (Å²) in [6.45, 7) is 8.96. The van der Waals surface area contributed by atoms with Gasteiger partial charge in [0.25, 0.3) is 0 Å². The normalized spacial score (nSPS) is 27.5. The highest BCUT2D eigenvalue weighted by Gasteiger charge is 2.48. The smallest absolute Gasteiger partial charge is 0.303 e. The molecule has 0 saturated carbocycles. The van der Waals surface area contributed by atoms with Crippen LogP contribution in [0.4, 0.5) is 0 Å². The molecule has 0 spiro atoms. The molecule has 1 saturated heterocycles. The molecule has 1 aromatic carbocycles. The Bertz CT molecular complexity index is 567. The molecule has 0 aliphatic carbocycles. The predicted molar refractivity (Wildman–Crippen MR) is 111 cm³/mol. The lowest BCUT2D eigenvalue weighted by Crippen LogP contribution is -2.59. The average Bonchev–Trinajstić information content (AvgIpc) is 2.67. The van der Waals surface area contributed by atoms with E-state index in [0.29, 0.717) is 13.2 Å². The van der Waals surface area contributed by atoms with Gasteiger partial charge in [-0.2, -0.15) is 0 Å². The maximum Gasteiger partial charge on any atom is 0.303 e. The number of thioether (sulfide) groups is 1. The van der Waals surface area contributed by atoms with Crippen LogP contribution in [0, 0.1) is 0 Å². The molecule has 1 fully saturated rings. The van der Waals surface area contributed by atoms with Gasteiger partial charge in [-0.05, 0) is 31.9 Å². The average molecular weight is 411 g/mol. The third-order valence-electron chi connectivity index (χ3n) is 4.64. The molecule has 5 nitrogen and oxygen atoms in total. The predicted octanol–water partition coefficient (Wildman–Crippen LogP) is 4.83. The van der Waals surface area contributed by atoms with Crippen molar-refractivity contribution in [1.82, 2.24) is 0 Å². The van der Waals surface area contributed by atoms with E-state index < -0.39 is 6.10 Å². The Hall–Kier alpha value is -1.08. The number of unbranched alkanes of at least 4 members (excludes halogenated alkanes) is 2. The van der Waals surface area contributed by atoms with E-state index in [4.69, 9.17) is 18.9 Å². The summed E-state index contributed by atoms with van der Waals surface area (Å²) in [5, 5.41) is 0. The van der Waals surface area contributed by atoms with Crippen LogP contribution in [0.25, 0.3) is 0 Å². The maximum absolute atomic E-state index is 11.9. The minimum Gasteiger partial charge on any atom is -0.456 e. The van der Waals surface area contributed by atoms with Crippen molar-refractivity contribution in [2.45, 2.75) is 88.1 Å². The van der Waals surface area contributed by atoms with Gasteiger partial charge in [0.2, 0.25) is 0 Å². The van der Waals surface area contributed by atoms with Crippen molar-refractivity contribution in [3.8, 4) is 0 Å². The van der Waals surface area contributed by atoms with Crippen molar-refractivity contribution >= 4 is 17.7 Å². The molecule has 0 amide bonds. The minimum atomic E-state index is -0.526. The summed E-state index contributed by atoms with van der Waals surface area (Å²) >= 11 is 1.56. The van der Waals surface area contributed by atoms with Crippen LogP contribution in [0.1, 0.15) is 53.4 Å². The number of carbonyl (C=O) groups excluding carboxylic acids is 1. The van der Waals surface area contributed by atoms with Crippen LogP contribution >= 0.6 is 11.8 Å². The van der Waals surface area contributed by atoms with E-state index in [1.54, 1.807) is 11.8 Å². The van der Waals surface area contributed by atoms with Crippen molar-refractivity contribution in [3.05, 3.63) is 30.3 Å². The molecular formula is C22H34O5S. The Morgan fingerprint density at radius 1 is 1.00 bits per heavy atom. The number of rotatable bonds is 11. The van der Waals surface area contributed by atoms with E-state index in [0.717, 1.165) is 30.6 Å². The van der Waals surface area contributed by atoms with Crippen LogP contribution in [0.2, 0.25) is 0 Å². The van der Waals surface area contributed by atoms with Crippen molar-refractivity contribution in [2.75, 3.05) is 13.2 Å². The number of esters is 1. The van der Waals surface area contributed by atoms with Crippen LogP contribution in [0.15, 0.2) is 35.2 Å². The Kier molecular flexibility index (Phi) is 10.3. The van der Waals surface area contributed by atoms with Crippen LogP contribution in [0.5, 0.6) is 0 Å². The zero-order valence-electron chi connectivity index (χ0n) is 17.5. The second-order valence-electron chi connectivity index (χ2n) is 7.09. The molecule has 1 heterocycles. The van der Waals surface area contributed by atoms with E-state index in [1.807, 2.05) is 37.3 Å². The Morgan fingerprint density at radius 3 is 2.18 bits per heavy atom. The fourth-order valence-corrected chi connectivity index (χ4v) is 4.32. The fourth-order valence-electron chi connectivity index (χ4n) is 3.17. The highest BCUT2D eigenvalue weighted by Crippen LogP contribution is 2.37. The Labute approximate surface area is 173 Å². The molecule has 1 aromatic rings. The van der Waals surface area contributed by atoms with Gasteiger partial charge in [0.1, 0.15) is 17.6 Å². The standard InChI is InChI=1S/C22H34O5S/c1-5-7-14-24-19-16(3)26-22(28-18-12-10-9-11-13-18)21(27-17(4)23)20(19)25-15-8-6-2/h9-13,16,19-22H,5-8,14-15H2,1-4H3/t16-,19-,20+,21+,22-/m0/s1. The lowest BCUT2D eigenvalue weighted by atomic mass is 10.00. The first-order valence-electron chi connectivity index (χ1n) is 10.3. The molecule has 0 aromatic heterocycles. The number of carbonyl (C=O) groups is 1. The van der Waals surface area contributed by atoms with Gasteiger partial charge >= 0.3 is 5.97 Å². The summed E-state index contributed by atoms with van der Waals surface area (Å²) in [6.07, 6.45) is 2.74. The number of hydrogen-bond donors (Lipinski definition) is 0. The topological polar surface area (TPSA) is 54.0 Å². The first kappa shape index (κ1) is 23.2. The van der Waals surface area contributed by atoms with Crippen LogP contribution in [0.3, 0.4) is 0 Å². The highest BCUT2D eigenvalue weighted by atomic mass is 32.2. The second kappa shape index (κ2) is 12.5. The van der Waals surface area contributed by atoms with Gasteiger partial charge in [0.15, 0.2) is 6.10 Å². The van der Waals surface area contributed by atoms with E-state index >= 15 is 0 Å². The molecule has 5 atom stereocenters. The zero-order chi connectivity index (χ0) is 20.4. The molecule has 0 bridgehead atoms. The lowest BCUT2D eigenvalue weighted by molar-refractivity contribution is -0.232. The van der Waals surface area contributed by atoms with Crippen molar-refractivity contribution in [1.29, 1.82) is 0 Å². The summed E-state index contributed by atoms with van der Waals surface area (Å²) in [7, 11) is 0. The lowest BCUT2D eigenvalue weighted by Gasteiger charge is -2.44. The second-order valence-corrected chi connectivity index (χ2v) is 8.26. The molecule has 6 heteroatoms. The number of hydrogen-bond acceptors (Lipinski definition) is 6.